The largest absolute Gasteiger partial charge is 0.507 e. The van der Waals surface area contributed by atoms with E-state index in [2.05, 4.69) is 9.37 Å². The third-order valence-electron chi connectivity index (χ3n) is 2.14. The number of phenols is 1. The highest BCUT2D eigenvalue weighted by molar-refractivity contribution is 7.94. The molecule has 0 aliphatic carbocycles. The highest BCUT2D eigenvalue weighted by atomic mass is 32.2. The van der Waals surface area contributed by atoms with Crippen LogP contribution >= 0.6 is 12.0 Å². The van der Waals surface area contributed by atoms with Crippen LogP contribution in [-0.2, 0) is 19.7 Å². The molecule has 0 amide bonds. The molecule has 0 saturated carbocycles. The second kappa shape index (κ2) is 4.76. The Morgan fingerprint density at radius 1 is 1.33 bits per heavy atom. The van der Waals surface area contributed by atoms with Gasteiger partial charge in [-0.25, -0.2) is 9.23 Å². The van der Waals surface area contributed by atoms with Crippen LogP contribution < -0.4 is 0 Å². The van der Waals surface area contributed by atoms with Gasteiger partial charge in [0.15, 0.2) is 0 Å². The van der Waals surface area contributed by atoms with Gasteiger partial charge < -0.3 is 5.11 Å². The zero-order valence-electron chi connectivity index (χ0n) is 8.55. The molecule has 18 heavy (non-hydrogen) atoms. The minimum atomic E-state index is -4.43. The van der Waals surface area contributed by atoms with Crippen molar-refractivity contribution in [1.29, 1.82) is 0 Å². The second-order valence-corrected chi connectivity index (χ2v) is 5.23. The van der Waals surface area contributed by atoms with E-state index in [0.29, 0.717) is 21.4 Å². The number of aromatic nitrogens is 1. The zero-order chi connectivity index (χ0) is 13.3. The summed E-state index contributed by atoms with van der Waals surface area (Å²) in [5.74, 6) is -0.197. The van der Waals surface area contributed by atoms with Crippen molar-refractivity contribution in [2.75, 3.05) is 0 Å². The minimum Gasteiger partial charge on any atom is -0.507 e. The van der Waals surface area contributed by atoms with Crippen LogP contribution in [0.3, 0.4) is 0 Å². The SMILES string of the molecule is O=S(=O)(O)n1ccc2cc(O)c(SOOO)cc21. The van der Waals surface area contributed by atoms with Crippen molar-refractivity contribution in [3.8, 4) is 5.75 Å². The van der Waals surface area contributed by atoms with Crippen molar-refractivity contribution in [2.45, 2.75) is 4.90 Å². The van der Waals surface area contributed by atoms with Crippen LogP contribution in [0.1, 0.15) is 0 Å². The third-order valence-corrected chi connectivity index (χ3v) is 3.59. The Morgan fingerprint density at radius 3 is 2.67 bits per heavy atom. The van der Waals surface area contributed by atoms with Crippen molar-refractivity contribution in [3.63, 3.8) is 0 Å². The number of phenolic OH excluding ortho intramolecular Hbond substituents is 1. The molecule has 0 saturated heterocycles. The lowest BCUT2D eigenvalue weighted by Gasteiger charge is -2.04. The fourth-order valence-electron chi connectivity index (χ4n) is 1.45. The molecule has 0 unspecified atom stereocenters. The molecule has 0 fully saturated rings. The summed E-state index contributed by atoms with van der Waals surface area (Å²) in [5.41, 5.74) is 0.138. The second-order valence-electron chi connectivity index (χ2n) is 3.19. The van der Waals surface area contributed by atoms with Gasteiger partial charge in [-0.05, 0) is 18.2 Å². The number of rotatable bonds is 4. The standard InChI is InChI=1S/C8H7NO7S2/c10-7-3-5-1-2-9(18(12,13)14)6(5)4-8(7)17-16-15-11/h1-4,10-11H,(H,12,13,14). The van der Waals surface area contributed by atoms with Gasteiger partial charge in [-0.1, -0.05) is 5.04 Å². The predicted octanol–water partition coefficient (Wildman–Crippen LogP) is 1.43. The normalized spacial score (nSPS) is 12.1. The quantitative estimate of drug-likeness (QED) is 0.335. The Balaban J connectivity index is 2.59. The summed E-state index contributed by atoms with van der Waals surface area (Å²) in [4.78, 5) is 0.0974. The van der Waals surface area contributed by atoms with Crippen LogP contribution in [0.2, 0.25) is 0 Å². The van der Waals surface area contributed by atoms with E-state index < -0.39 is 10.3 Å². The van der Waals surface area contributed by atoms with E-state index in [1.165, 1.54) is 18.2 Å². The monoisotopic (exact) mass is 293 g/mol. The number of hydrogen-bond donors (Lipinski definition) is 3. The molecule has 0 aliphatic rings. The van der Waals surface area contributed by atoms with Gasteiger partial charge in [-0.15, -0.1) is 4.33 Å². The molecule has 0 spiro atoms. The first-order valence-electron chi connectivity index (χ1n) is 4.40. The molecule has 0 bridgehead atoms. The van der Waals surface area contributed by atoms with Gasteiger partial charge >= 0.3 is 10.3 Å². The maximum Gasteiger partial charge on any atom is 0.363 e. The van der Waals surface area contributed by atoms with Crippen LogP contribution in [0.4, 0.5) is 0 Å². The smallest absolute Gasteiger partial charge is 0.363 e. The van der Waals surface area contributed by atoms with Crippen molar-refractivity contribution in [1.82, 2.24) is 3.97 Å². The van der Waals surface area contributed by atoms with Crippen LogP contribution in [0.25, 0.3) is 10.9 Å². The molecule has 8 nitrogen and oxygen atoms in total. The molecule has 1 aromatic heterocycles. The Morgan fingerprint density at radius 2 is 2.06 bits per heavy atom. The first kappa shape index (κ1) is 13.1. The van der Waals surface area contributed by atoms with E-state index in [9.17, 15) is 13.5 Å². The van der Waals surface area contributed by atoms with Crippen LogP contribution in [0.5, 0.6) is 5.75 Å². The molecule has 0 aliphatic heterocycles. The Hall–Kier alpha value is -1.30. The maximum absolute atomic E-state index is 11.1. The Labute approximate surface area is 105 Å². The number of aromatic hydroxyl groups is 1. The number of benzene rings is 1. The lowest BCUT2D eigenvalue weighted by atomic mass is 10.2. The van der Waals surface area contributed by atoms with E-state index in [4.69, 9.17) is 9.81 Å². The average Bonchev–Trinajstić information content (AvgIpc) is 2.68. The fourth-order valence-corrected chi connectivity index (χ4v) is 2.48. The molecule has 0 atom stereocenters. The predicted molar refractivity (Wildman–Crippen MR) is 61.2 cm³/mol. The summed E-state index contributed by atoms with van der Waals surface area (Å²) in [7, 11) is -4.43. The summed E-state index contributed by atoms with van der Waals surface area (Å²) in [5, 5.41) is 21.4. The molecule has 2 rings (SSSR count). The fraction of sp³-hybridized carbons (Fsp3) is 0. The molecular formula is C8H7NO7S2. The lowest BCUT2D eigenvalue weighted by molar-refractivity contribution is -0.432. The number of hydrogen-bond acceptors (Lipinski definition) is 7. The molecule has 98 valence electrons. The van der Waals surface area contributed by atoms with E-state index in [-0.39, 0.29) is 16.2 Å². The van der Waals surface area contributed by atoms with Gasteiger partial charge in [0, 0.05) is 11.6 Å². The summed E-state index contributed by atoms with van der Waals surface area (Å²) in [6.45, 7) is 0. The van der Waals surface area contributed by atoms with Crippen molar-refractivity contribution in [3.05, 3.63) is 24.4 Å². The van der Waals surface area contributed by atoms with Gasteiger partial charge in [-0.3, -0.25) is 4.55 Å². The lowest BCUT2D eigenvalue weighted by Crippen LogP contribution is -2.08. The van der Waals surface area contributed by atoms with Crippen molar-refractivity contribution in [2.24, 2.45) is 0 Å². The molecule has 2 aromatic rings. The number of fused-ring (bicyclic) bond motifs is 1. The van der Waals surface area contributed by atoms with Crippen LogP contribution in [0.15, 0.2) is 29.3 Å². The van der Waals surface area contributed by atoms with Crippen molar-refractivity contribution < 1.29 is 32.7 Å². The molecule has 3 N–H and O–H groups in total. The Kier molecular flexibility index (Phi) is 3.47. The summed E-state index contributed by atoms with van der Waals surface area (Å²) < 4.78 is 35.9. The summed E-state index contributed by atoms with van der Waals surface area (Å²) in [6.07, 6.45) is 1.14. The van der Waals surface area contributed by atoms with Crippen LogP contribution in [0, 0.1) is 0 Å². The average molecular weight is 293 g/mol. The van der Waals surface area contributed by atoms with E-state index in [1.807, 2.05) is 0 Å². The highest BCUT2D eigenvalue weighted by Gasteiger charge is 2.15. The maximum atomic E-state index is 11.1. The van der Waals surface area contributed by atoms with Gasteiger partial charge in [0.05, 0.1) is 22.5 Å². The first-order chi connectivity index (χ1) is 8.43. The molecular weight excluding hydrogens is 286 g/mol. The first-order valence-corrected chi connectivity index (χ1v) is 6.54. The zero-order valence-corrected chi connectivity index (χ0v) is 10.2. The van der Waals surface area contributed by atoms with Gasteiger partial charge in [-0.2, -0.15) is 8.42 Å². The van der Waals surface area contributed by atoms with E-state index in [1.54, 1.807) is 0 Å². The van der Waals surface area contributed by atoms with E-state index >= 15 is 0 Å². The van der Waals surface area contributed by atoms with E-state index in [0.717, 1.165) is 6.20 Å². The summed E-state index contributed by atoms with van der Waals surface area (Å²) in [6, 6.07) is 3.93. The molecule has 1 heterocycles. The minimum absolute atomic E-state index is 0.0974. The summed E-state index contributed by atoms with van der Waals surface area (Å²) >= 11 is 0.473. The molecule has 10 heteroatoms. The molecule has 1 aromatic carbocycles. The Bertz CT molecular complexity index is 678. The topological polar surface area (TPSA) is 118 Å². The van der Waals surface area contributed by atoms with Crippen molar-refractivity contribution >= 4 is 33.2 Å². The number of nitrogens with zero attached hydrogens (tertiary/aromatic N) is 1. The van der Waals surface area contributed by atoms with Gasteiger partial charge in [0.25, 0.3) is 0 Å². The molecule has 0 radical (unpaired) electrons. The van der Waals surface area contributed by atoms with Crippen LogP contribution in [-0.4, -0.2) is 27.3 Å². The third kappa shape index (κ3) is 2.43. The van der Waals surface area contributed by atoms with Gasteiger partial charge in [0.1, 0.15) is 5.75 Å². The van der Waals surface area contributed by atoms with Gasteiger partial charge in [0.2, 0.25) is 0 Å². The highest BCUT2D eigenvalue weighted by Crippen LogP contribution is 2.34.